The molecule has 0 radical (unpaired) electrons. The molecule has 0 spiro atoms. The lowest BCUT2D eigenvalue weighted by Gasteiger charge is -2.19. The Morgan fingerprint density at radius 1 is 1.45 bits per heavy atom. The largest absolute Gasteiger partial charge is 0.376 e. The van der Waals surface area contributed by atoms with Crippen molar-refractivity contribution >= 4 is 29.6 Å². The molecule has 20 heavy (non-hydrogen) atoms. The average Bonchev–Trinajstić information content (AvgIpc) is 2.92. The van der Waals surface area contributed by atoms with E-state index in [1.807, 2.05) is 20.3 Å². The van der Waals surface area contributed by atoms with E-state index in [9.17, 15) is 4.79 Å². The van der Waals surface area contributed by atoms with Gasteiger partial charge in [-0.3, -0.25) is 0 Å². The molecule has 1 fully saturated rings. The van der Waals surface area contributed by atoms with Crippen molar-refractivity contribution in [2.45, 2.75) is 43.0 Å². The van der Waals surface area contributed by atoms with Crippen molar-refractivity contribution in [1.29, 1.82) is 0 Å². The third-order valence-corrected chi connectivity index (χ3v) is 4.61. The van der Waals surface area contributed by atoms with Crippen LogP contribution in [0.1, 0.15) is 32.1 Å². The predicted molar refractivity (Wildman–Crippen MR) is 85.8 cm³/mol. The molecule has 2 rings (SSSR count). The van der Waals surface area contributed by atoms with Crippen molar-refractivity contribution in [3.8, 4) is 0 Å². The predicted octanol–water partition coefficient (Wildman–Crippen LogP) is 3.18. The van der Waals surface area contributed by atoms with Gasteiger partial charge in [-0.2, -0.15) is 0 Å². The fourth-order valence-corrected chi connectivity index (χ4v) is 3.47. The lowest BCUT2D eigenvalue weighted by Crippen LogP contribution is -2.16. The summed E-state index contributed by atoms with van der Waals surface area (Å²) in [6, 6.07) is 2.68. The molecule has 1 saturated carbocycles. The average molecular weight is 293 g/mol. The van der Waals surface area contributed by atoms with Crippen LogP contribution in [0.25, 0.3) is 0 Å². The van der Waals surface area contributed by atoms with E-state index < -0.39 is 0 Å². The van der Waals surface area contributed by atoms with Crippen LogP contribution >= 0.6 is 11.8 Å². The Balaban J connectivity index is 2.09. The standard InChI is InChI=1S/C15H23N3OS/c1-18(2)13-11-16-15(17-12-6-3-4-7-12)10-14(13)20-9-5-8-19/h8,10-12H,3-7,9H2,1-2H3,(H,16,17). The Labute approximate surface area is 125 Å². The minimum atomic E-state index is 0.570. The molecule has 0 unspecified atom stereocenters. The molecular formula is C15H23N3OS. The number of nitrogens with zero attached hydrogens (tertiary/aromatic N) is 2. The van der Waals surface area contributed by atoms with E-state index in [0.29, 0.717) is 12.5 Å². The fraction of sp³-hybridized carbons (Fsp3) is 0.600. The second-order valence-corrected chi connectivity index (χ2v) is 6.50. The number of carbonyl (C=O) groups excluding carboxylic acids is 1. The Kier molecular flexibility index (Phi) is 5.71. The van der Waals surface area contributed by atoms with Crippen molar-refractivity contribution < 1.29 is 4.79 Å². The molecule has 1 aliphatic rings. The molecule has 4 nitrogen and oxygen atoms in total. The van der Waals surface area contributed by atoms with Crippen LogP contribution in [-0.4, -0.2) is 37.2 Å². The van der Waals surface area contributed by atoms with E-state index >= 15 is 0 Å². The molecule has 1 N–H and O–H groups in total. The van der Waals surface area contributed by atoms with Crippen molar-refractivity contribution in [1.82, 2.24) is 4.98 Å². The van der Waals surface area contributed by atoms with Gasteiger partial charge < -0.3 is 15.0 Å². The number of carbonyl (C=O) groups is 1. The summed E-state index contributed by atoms with van der Waals surface area (Å²) < 4.78 is 0. The first kappa shape index (κ1) is 15.2. The Morgan fingerprint density at radius 3 is 2.85 bits per heavy atom. The molecule has 5 heteroatoms. The van der Waals surface area contributed by atoms with Gasteiger partial charge in [0.05, 0.1) is 11.9 Å². The van der Waals surface area contributed by atoms with Crippen molar-refractivity contribution in [2.24, 2.45) is 0 Å². The van der Waals surface area contributed by atoms with Gasteiger partial charge in [-0.25, -0.2) is 4.98 Å². The summed E-state index contributed by atoms with van der Waals surface area (Å²) in [5, 5.41) is 3.53. The van der Waals surface area contributed by atoms with Crippen LogP contribution in [0, 0.1) is 0 Å². The summed E-state index contributed by atoms with van der Waals surface area (Å²) in [7, 11) is 4.04. The second kappa shape index (κ2) is 7.53. The summed E-state index contributed by atoms with van der Waals surface area (Å²) in [6.07, 6.45) is 8.59. The summed E-state index contributed by atoms with van der Waals surface area (Å²) in [6.45, 7) is 0. The molecule has 0 amide bonds. The molecule has 0 aromatic carbocycles. The quantitative estimate of drug-likeness (QED) is 0.475. The minimum absolute atomic E-state index is 0.570. The lowest BCUT2D eigenvalue weighted by atomic mass is 10.2. The maximum Gasteiger partial charge on any atom is 0.127 e. The first-order chi connectivity index (χ1) is 9.70. The molecule has 1 heterocycles. The summed E-state index contributed by atoms with van der Waals surface area (Å²) >= 11 is 1.72. The van der Waals surface area contributed by atoms with Crippen LogP contribution in [0.2, 0.25) is 0 Å². The first-order valence-electron chi connectivity index (χ1n) is 7.21. The number of rotatable bonds is 7. The van der Waals surface area contributed by atoms with Crippen LogP contribution in [-0.2, 0) is 4.79 Å². The summed E-state index contributed by atoms with van der Waals surface area (Å²) in [4.78, 5) is 18.2. The molecular weight excluding hydrogens is 270 g/mol. The van der Waals surface area contributed by atoms with E-state index in [0.717, 1.165) is 23.5 Å². The zero-order valence-corrected chi connectivity index (χ0v) is 13.1. The molecule has 0 bridgehead atoms. The maximum atomic E-state index is 10.5. The number of aldehydes is 1. The molecule has 1 aromatic rings. The van der Waals surface area contributed by atoms with Gasteiger partial charge in [0, 0.05) is 37.2 Å². The Morgan fingerprint density at radius 2 is 2.20 bits per heavy atom. The van der Waals surface area contributed by atoms with Crippen molar-refractivity contribution in [3.63, 3.8) is 0 Å². The van der Waals surface area contributed by atoms with E-state index in [2.05, 4.69) is 21.3 Å². The number of pyridine rings is 1. The van der Waals surface area contributed by atoms with E-state index in [1.54, 1.807) is 11.8 Å². The monoisotopic (exact) mass is 293 g/mol. The molecule has 0 saturated heterocycles. The topological polar surface area (TPSA) is 45.2 Å². The van der Waals surface area contributed by atoms with Crippen molar-refractivity contribution in [3.05, 3.63) is 12.3 Å². The second-order valence-electron chi connectivity index (χ2n) is 5.36. The number of aromatic nitrogens is 1. The van der Waals surface area contributed by atoms with Gasteiger partial charge in [0.2, 0.25) is 0 Å². The number of thioether (sulfide) groups is 1. The van der Waals surface area contributed by atoms with Gasteiger partial charge >= 0.3 is 0 Å². The zero-order chi connectivity index (χ0) is 14.4. The van der Waals surface area contributed by atoms with Gasteiger partial charge in [0.15, 0.2) is 0 Å². The van der Waals surface area contributed by atoms with Crippen LogP contribution < -0.4 is 10.2 Å². The molecule has 1 aliphatic carbocycles. The third kappa shape index (κ3) is 4.13. The third-order valence-electron chi connectivity index (χ3n) is 3.53. The van der Waals surface area contributed by atoms with Crippen LogP contribution in [0.3, 0.4) is 0 Å². The van der Waals surface area contributed by atoms with Crippen LogP contribution in [0.5, 0.6) is 0 Å². The number of hydrogen-bond donors (Lipinski definition) is 1. The summed E-state index contributed by atoms with van der Waals surface area (Å²) in [5.41, 5.74) is 1.11. The molecule has 1 aromatic heterocycles. The highest BCUT2D eigenvalue weighted by molar-refractivity contribution is 7.99. The fourth-order valence-electron chi connectivity index (χ4n) is 2.46. The number of hydrogen-bond acceptors (Lipinski definition) is 5. The summed E-state index contributed by atoms with van der Waals surface area (Å²) in [5.74, 6) is 1.77. The highest BCUT2D eigenvalue weighted by atomic mass is 32.2. The Bertz CT molecular complexity index is 445. The number of anilines is 2. The van der Waals surface area contributed by atoms with Gasteiger partial charge in [-0.15, -0.1) is 11.8 Å². The molecule has 110 valence electrons. The highest BCUT2D eigenvalue weighted by Gasteiger charge is 2.16. The van der Waals surface area contributed by atoms with E-state index in [1.165, 1.54) is 30.6 Å². The van der Waals surface area contributed by atoms with Crippen LogP contribution in [0.15, 0.2) is 17.2 Å². The maximum absolute atomic E-state index is 10.5. The zero-order valence-electron chi connectivity index (χ0n) is 12.3. The first-order valence-corrected chi connectivity index (χ1v) is 8.19. The Hall–Kier alpha value is -1.23. The lowest BCUT2D eigenvalue weighted by molar-refractivity contribution is -0.107. The number of nitrogens with one attached hydrogen (secondary N) is 1. The van der Waals surface area contributed by atoms with E-state index in [4.69, 9.17) is 0 Å². The molecule has 0 aliphatic heterocycles. The molecule has 0 atom stereocenters. The SMILES string of the molecule is CN(C)c1cnc(NC2CCCC2)cc1SCCC=O. The highest BCUT2D eigenvalue weighted by Crippen LogP contribution is 2.31. The van der Waals surface area contributed by atoms with Gasteiger partial charge in [0.1, 0.15) is 12.1 Å². The minimum Gasteiger partial charge on any atom is -0.376 e. The van der Waals surface area contributed by atoms with Gasteiger partial charge in [0.25, 0.3) is 0 Å². The van der Waals surface area contributed by atoms with Gasteiger partial charge in [-0.05, 0) is 18.9 Å². The van der Waals surface area contributed by atoms with E-state index in [-0.39, 0.29) is 0 Å². The normalized spacial score (nSPS) is 15.3. The van der Waals surface area contributed by atoms with Crippen molar-refractivity contribution in [2.75, 3.05) is 30.1 Å². The van der Waals surface area contributed by atoms with Gasteiger partial charge in [-0.1, -0.05) is 12.8 Å². The van der Waals surface area contributed by atoms with Crippen LogP contribution in [0.4, 0.5) is 11.5 Å². The smallest absolute Gasteiger partial charge is 0.127 e.